The van der Waals surface area contributed by atoms with Gasteiger partial charge in [-0.05, 0) is 87.6 Å². The molecule has 0 radical (unpaired) electrons. The molecule has 6 rings (SSSR count). The van der Waals surface area contributed by atoms with Crippen LogP contribution in [-0.4, -0.2) is 71.2 Å². The lowest BCUT2D eigenvalue weighted by molar-refractivity contribution is 0.104. The lowest BCUT2D eigenvalue weighted by Crippen LogP contribution is -2.45. The molecule has 3 aliphatic heterocycles. The number of hydrogen-bond acceptors (Lipinski definition) is 5. The number of halogens is 2. The molecule has 9 nitrogen and oxygen atoms in total. The second-order valence-corrected chi connectivity index (χ2v) is 13.9. The van der Waals surface area contributed by atoms with Gasteiger partial charge in [-0.15, -0.1) is 0 Å². The molecule has 4 heterocycles. The molecule has 12 heteroatoms. The summed E-state index contributed by atoms with van der Waals surface area (Å²) >= 11 is 0. The molecular formula is C31H38F2N6O3S. The number of benzene rings is 2. The Kier molecular flexibility index (Phi) is 8.27. The lowest BCUT2D eigenvalue weighted by atomic mass is 9.96. The summed E-state index contributed by atoms with van der Waals surface area (Å²) in [6, 6.07) is 12.3. The van der Waals surface area contributed by atoms with Crippen molar-refractivity contribution in [2.24, 2.45) is 0 Å². The van der Waals surface area contributed by atoms with Crippen LogP contribution in [0.4, 0.5) is 25.0 Å². The van der Waals surface area contributed by atoms with Gasteiger partial charge in [0.2, 0.25) is 10.0 Å². The highest BCUT2D eigenvalue weighted by Gasteiger charge is 2.42. The van der Waals surface area contributed by atoms with Gasteiger partial charge in [-0.3, -0.25) is 9.80 Å². The number of rotatable bonds is 8. The van der Waals surface area contributed by atoms with E-state index in [2.05, 4.69) is 14.8 Å². The SMILES string of the molecule is Cc1nc2c(n1C1CC3CCC(C1)N3CCCN(C(=O)Nc1ccc(F)cc1)c1ccc(F)cc1)CCN(S(C)(=O)=O)C2. The maximum atomic E-state index is 13.6. The Morgan fingerprint density at radius 3 is 2.26 bits per heavy atom. The van der Waals surface area contributed by atoms with E-state index in [1.807, 2.05) is 6.92 Å². The van der Waals surface area contributed by atoms with Crippen LogP contribution in [0.15, 0.2) is 48.5 Å². The number of hydrogen-bond donors (Lipinski definition) is 1. The van der Waals surface area contributed by atoms with Crippen molar-refractivity contribution in [1.29, 1.82) is 0 Å². The first kappa shape index (κ1) is 29.7. The molecule has 0 saturated carbocycles. The minimum atomic E-state index is -3.25. The Balaban J connectivity index is 1.11. The summed E-state index contributed by atoms with van der Waals surface area (Å²) in [4.78, 5) is 22.3. The van der Waals surface area contributed by atoms with Crippen molar-refractivity contribution < 1.29 is 22.0 Å². The van der Waals surface area contributed by atoms with E-state index in [0.29, 0.717) is 55.6 Å². The highest BCUT2D eigenvalue weighted by Crippen LogP contribution is 2.42. The Morgan fingerprint density at radius 2 is 1.63 bits per heavy atom. The molecular weight excluding hydrogens is 574 g/mol. The maximum absolute atomic E-state index is 13.6. The van der Waals surface area contributed by atoms with Crippen molar-refractivity contribution in [3.63, 3.8) is 0 Å². The van der Waals surface area contributed by atoms with E-state index in [-0.39, 0.29) is 17.7 Å². The molecule has 2 atom stereocenters. The number of carbonyl (C=O) groups excluding carboxylic acids is 1. The van der Waals surface area contributed by atoms with Gasteiger partial charge in [0, 0.05) is 61.2 Å². The van der Waals surface area contributed by atoms with Crippen LogP contribution in [0.1, 0.15) is 55.4 Å². The lowest BCUT2D eigenvalue weighted by Gasteiger charge is -2.41. The molecule has 3 aromatic rings. The highest BCUT2D eigenvalue weighted by molar-refractivity contribution is 7.88. The van der Waals surface area contributed by atoms with Crippen LogP contribution in [0.5, 0.6) is 0 Å². The number of sulfonamides is 1. The monoisotopic (exact) mass is 612 g/mol. The number of amides is 2. The third kappa shape index (κ3) is 6.32. The first-order valence-corrected chi connectivity index (χ1v) is 16.8. The first-order valence-electron chi connectivity index (χ1n) is 14.9. The second-order valence-electron chi connectivity index (χ2n) is 11.9. The Bertz CT molecular complexity index is 1560. The van der Waals surface area contributed by atoms with Crippen LogP contribution >= 0.6 is 0 Å². The number of aryl methyl sites for hydroxylation is 1. The number of urea groups is 1. The molecule has 3 aliphatic rings. The van der Waals surface area contributed by atoms with Gasteiger partial charge >= 0.3 is 6.03 Å². The van der Waals surface area contributed by atoms with Gasteiger partial charge < -0.3 is 9.88 Å². The van der Waals surface area contributed by atoms with E-state index in [9.17, 15) is 22.0 Å². The van der Waals surface area contributed by atoms with Crippen molar-refractivity contribution >= 4 is 27.4 Å². The fourth-order valence-electron chi connectivity index (χ4n) is 7.21. The fraction of sp³-hybridized carbons (Fsp3) is 0.484. The van der Waals surface area contributed by atoms with Crippen molar-refractivity contribution in [2.45, 2.75) is 70.1 Å². The normalized spacial score (nSPS) is 22.4. The van der Waals surface area contributed by atoms with E-state index in [0.717, 1.165) is 50.2 Å². The number of imidazole rings is 1. The number of nitrogens with one attached hydrogen (secondary N) is 1. The zero-order valence-electron chi connectivity index (χ0n) is 24.5. The van der Waals surface area contributed by atoms with Crippen LogP contribution in [-0.2, 0) is 23.0 Å². The standard InChI is InChI=1S/C31H38F2N6O3S/c1-21-34-29-20-36(43(2,41)42)17-14-30(29)39(21)28-18-26-12-13-27(19-28)37(26)15-3-16-38(25-10-6-23(33)7-11-25)31(40)35-24-8-4-22(32)5-9-24/h4-11,26-28H,3,12-20H2,1-2H3,(H,35,40). The van der Waals surface area contributed by atoms with Crippen LogP contribution in [0, 0.1) is 18.6 Å². The number of piperidine rings is 1. The topological polar surface area (TPSA) is 90.8 Å². The molecule has 230 valence electrons. The van der Waals surface area contributed by atoms with E-state index >= 15 is 0 Å². The molecule has 2 saturated heterocycles. The molecule has 1 N–H and O–H groups in total. The Hall–Kier alpha value is -3.35. The molecule has 0 aliphatic carbocycles. The largest absolute Gasteiger partial charge is 0.329 e. The van der Waals surface area contributed by atoms with E-state index in [4.69, 9.17) is 4.98 Å². The maximum Gasteiger partial charge on any atom is 0.326 e. The molecule has 2 amide bonds. The molecule has 2 unspecified atom stereocenters. The van der Waals surface area contributed by atoms with Crippen LogP contribution < -0.4 is 10.2 Å². The summed E-state index contributed by atoms with van der Waals surface area (Å²) in [5.74, 6) is 0.206. The van der Waals surface area contributed by atoms with Crippen LogP contribution in [0.25, 0.3) is 0 Å². The second kappa shape index (κ2) is 12.0. The quantitative estimate of drug-likeness (QED) is 0.383. The van der Waals surface area contributed by atoms with E-state index in [1.54, 1.807) is 17.0 Å². The van der Waals surface area contributed by atoms with Gasteiger partial charge in [0.05, 0.1) is 18.5 Å². The summed E-state index contributed by atoms with van der Waals surface area (Å²) in [5, 5.41) is 2.83. The van der Waals surface area contributed by atoms with Gasteiger partial charge in [-0.1, -0.05) is 0 Å². The predicted octanol–water partition coefficient (Wildman–Crippen LogP) is 5.08. The van der Waals surface area contributed by atoms with Gasteiger partial charge in [-0.25, -0.2) is 27.0 Å². The van der Waals surface area contributed by atoms with Gasteiger partial charge in [0.15, 0.2) is 0 Å². The predicted molar refractivity (Wildman–Crippen MR) is 161 cm³/mol. The number of nitrogens with zero attached hydrogens (tertiary/aromatic N) is 5. The van der Waals surface area contributed by atoms with Gasteiger partial charge in [0.25, 0.3) is 0 Å². The van der Waals surface area contributed by atoms with Crippen molar-refractivity contribution in [2.75, 3.05) is 36.1 Å². The number of carbonyl (C=O) groups is 1. The van der Waals surface area contributed by atoms with Gasteiger partial charge in [-0.2, -0.15) is 4.31 Å². The van der Waals surface area contributed by atoms with Crippen LogP contribution in [0.3, 0.4) is 0 Å². The summed E-state index contributed by atoms with van der Waals surface area (Å²) in [6.07, 6.45) is 6.97. The Morgan fingerprint density at radius 1 is 1.00 bits per heavy atom. The molecule has 0 spiro atoms. The third-order valence-electron chi connectivity index (χ3n) is 9.16. The minimum absolute atomic E-state index is 0.340. The average Bonchev–Trinajstić information content (AvgIpc) is 3.42. The zero-order valence-corrected chi connectivity index (χ0v) is 25.4. The highest BCUT2D eigenvalue weighted by atomic mass is 32.2. The zero-order chi connectivity index (χ0) is 30.3. The molecule has 2 bridgehead atoms. The Labute approximate surface area is 251 Å². The summed E-state index contributed by atoms with van der Waals surface area (Å²) < 4.78 is 55.1. The van der Waals surface area contributed by atoms with Crippen LogP contribution in [0.2, 0.25) is 0 Å². The van der Waals surface area contributed by atoms with Gasteiger partial charge in [0.1, 0.15) is 17.5 Å². The summed E-state index contributed by atoms with van der Waals surface area (Å²) in [5.41, 5.74) is 3.14. The molecule has 1 aromatic heterocycles. The molecule has 2 fully saturated rings. The van der Waals surface area contributed by atoms with Crippen molar-refractivity contribution in [3.8, 4) is 0 Å². The molecule has 2 aromatic carbocycles. The first-order chi connectivity index (χ1) is 20.6. The van der Waals surface area contributed by atoms with Crippen molar-refractivity contribution in [3.05, 3.63) is 77.4 Å². The molecule has 43 heavy (non-hydrogen) atoms. The number of aromatic nitrogens is 2. The smallest absolute Gasteiger partial charge is 0.326 e. The average molecular weight is 613 g/mol. The minimum Gasteiger partial charge on any atom is -0.329 e. The van der Waals surface area contributed by atoms with E-state index < -0.39 is 10.0 Å². The summed E-state index contributed by atoms with van der Waals surface area (Å²) in [6.45, 7) is 4.14. The fourth-order valence-corrected chi connectivity index (χ4v) is 7.99. The number of anilines is 2. The van der Waals surface area contributed by atoms with Crippen molar-refractivity contribution in [1.82, 2.24) is 18.8 Å². The third-order valence-corrected chi connectivity index (χ3v) is 10.4. The summed E-state index contributed by atoms with van der Waals surface area (Å²) in [7, 11) is -3.25. The number of fused-ring (bicyclic) bond motifs is 3. The van der Waals surface area contributed by atoms with E-state index in [1.165, 1.54) is 52.7 Å².